The van der Waals surface area contributed by atoms with Gasteiger partial charge < -0.3 is 47.0 Å². The number of hydrogen-bond donors (Lipinski definition) is 9. The Hall–Kier alpha value is -4.80. The fourth-order valence-corrected chi connectivity index (χ4v) is 3.28. The number of aliphatic carboxylic acids is 3. The van der Waals surface area contributed by atoms with Gasteiger partial charge in [-0.15, -0.1) is 0 Å². The third-order valence-electron chi connectivity index (χ3n) is 5.22. The Balaban J connectivity index is 2.16. The van der Waals surface area contributed by atoms with E-state index < -0.39 is 79.1 Å². The summed E-state index contributed by atoms with van der Waals surface area (Å²) in [6.45, 7) is 0. The van der Waals surface area contributed by atoms with Crippen molar-refractivity contribution in [1.29, 1.82) is 0 Å². The van der Waals surface area contributed by atoms with Gasteiger partial charge in [0.2, 0.25) is 17.7 Å². The number of aromatic nitrogens is 4. The van der Waals surface area contributed by atoms with Crippen LogP contribution in [0.2, 0.25) is 0 Å². The van der Waals surface area contributed by atoms with Gasteiger partial charge in [0.05, 0.1) is 25.1 Å². The van der Waals surface area contributed by atoms with Crippen molar-refractivity contribution in [1.82, 2.24) is 35.9 Å². The van der Waals surface area contributed by atoms with E-state index in [1.54, 1.807) is 0 Å². The van der Waals surface area contributed by atoms with Crippen LogP contribution in [0, 0.1) is 0 Å². The van der Waals surface area contributed by atoms with Gasteiger partial charge in [0.1, 0.15) is 18.1 Å². The second-order valence-electron chi connectivity index (χ2n) is 8.22. The SMILES string of the molecule is NC(Cc1cnc[nH]1)C(=O)NC(Cc1cnc[nH]1)C(=O)NC(CC(=O)O)C(=O)NC(CCC(=O)O)C(=O)O. The fourth-order valence-electron chi connectivity index (χ4n) is 3.28. The summed E-state index contributed by atoms with van der Waals surface area (Å²) in [4.78, 5) is 85.2. The molecule has 0 bridgehead atoms. The molecule has 17 heteroatoms. The number of hydrogen-bond acceptors (Lipinski definition) is 9. The molecule has 206 valence electrons. The molecule has 0 aromatic carbocycles. The lowest BCUT2D eigenvalue weighted by molar-refractivity contribution is -0.144. The van der Waals surface area contributed by atoms with Crippen LogP contribution in [0.15, 0.2) is 25.0 Å². The quantitative estimate of drug-likeness (QED) is 0.105. The van der Waals surface area contributed by atoms with Crippen molar-refractivity contribution in [3.8, 4) is 0 Å². The molecule has 2 aromatic heterocycles. The first-order valence-electron chi connectivity index (χ1n) is 11.2. The predicted molar refractivity (Wildman–Crippen MR) is 125 cm³/mol. The van der Waals surface area contributed by atoms with E-state index in [4.69, 9.17) is 10.8 Å². The highest BCUT2D eigenvalue weighted by Gasteiger charge is 2.32. The van der Waals surface area contributed by atoms with Crippen LogP contribution < -0.4 is 21.7 Å². The van der Waals surface area contributed by atoms with Gasteiger partial charge >= 0.3 is 17.9 Å². The Labute approximate surface area is 214 Å². The van der Waals surface area contributed by atoms with Gasteiger partial charge in [-0.2, -0.15) is 0 Å². The standard InChI is InChI=1S/C21H28N8O9/c22-12(3-10-6-23-8-25-10)18(34)28-14(4-11-7-24-9-26-11)19(35)29-15(5-17(32)33)20(36)27-13(21(37)38)1-2-16(30)31/h6-9,12-15H,1-5,22H2,(H,23,25)(H,24,26)(H,27,36)(H,28,34)(H,29,35)(H,30,31)(H,32,33)(H,37,38). The van der Waals surface area contributed by atoms with E-state index in [-0.39, 0.29) is 12.8 Å². The van der Waals surface area contributed by atoms with Crippen molar-refractivity contribution in [2.45, 2.75) is 56.3 Å². The topological polar surface area (TPSA) is 283 Å². The zero-order valence-electron chi connectivity index (χ0n) is 19.9. The second-order valence-corrected chi connectivity index (χ2v) is 8.22. The molecule has 2 heterocycles. The minimum absolute atomic E-state index is 0.0706. The van der Waals surface area contributed by atoms with Crippen LogP contribution in [0.25, 0.3) is 0 Å². The summed E-state index contributed by atoms with van der Waals surface area (Å²) in [7, 11) is 0. The normalized spacial score (nSPS) is 13.9. The average Bonchev–Trinajstić information content (AvgIpc) is 3.54. The number of carboxylic acid groups (broad SMARTS) is 3. The Morgan fingerprint density at radius 2 is 1.29 bits per heavy atom. The number of carbonyl (C=O) groups is 6. The van der Waals surface area contributed by atoms with Crippen LogP contribution in [-0.4, -0.2) is 95.1 Å². The number of nitrogens with one attached hydrogen (secondary N) is 5. The largest absolute Gasteiger partial charge is 0.481 e. The monoisotopic (exact) mass is 536 g/mol. The molecule has 0 aliphatic rings. The maximum Gasteiger partial charge on any atom is 0.326 e. The summed E-state index contributed by atoms with van der Waals surface area (Å²) in [5.74, 6) is -7.18. The van der Waals surface area contributed by atoms with E-state index in [2.05, 4.69) is 30.6 Å². The second kappa shape index (κ2) is 14.1. The van der Waals surface area contributed by atoms with E-state index in [0.29, 0.717) is 11.4 Å². The molecule has 0 aliphatic carbocycles. The van der Waals surface area contributed by atoms with Crippen LogP contribution in [0.1, 0.15) is 30.7 Å². The Morgan fingerprint density at radius 1 is 0.763 bits per heavy atom. The molecule has 0 saturated heterocycles. The maximum atomic E-state index is 13.1. The number of nitrogens with two attached hydrogens (primary N) is 1. The molecule has 0 saturated carbocycles. The van der Waals surface area contributed by atoms with Gasteiger partial charge in [-0.25, -0.2) is 14.8 Å². The number of nitrogens with zero attached hydrogens (tertiary/aromatic N) is 2. The third-order valence-corrected chi connectivity index (χ3v) is 5.22. The molecule has 3 amide bonds. The highest BCUT2D eigenvalue weighted by Crippen LogP contribution is 2.05. The molecular formula is C21H28N8O9. The lowest BCUT2D eigenvalue weighted by Gasteiger charge is -2.24. The molecule has 4 atom stereocenters. The minimum Gasteiger partial charge on any atom is -0.481 e. The third kappa shape index (κ3) is 9.69. The van der Waals surface area contributed by atoms with E-state index >= 15 is 0 Å². The molecule has 38 heavy (non-hydrogen) atoms. The van der Waals surface area contributed by atoms with E-state index in [0.717, 1.165) is 0 Å². The van der Waals surface area contributed by atoms with Crippen molar-refractivity contribution in [3.63, 3.8) is 0 Å². The first-order valence-corrected chi connectivity index (χ1v) is 11.2. The minimum atomic E-state index is -1.74. The van der Waals surface area contributed by atoms with Crippen LogP contribution in [0.3, 0.4) is 0 Å². The molecule has 10 N–H and O–H groups in total. The first kappa shape index (κ1) is 29.4. The zero-order chi connectivity index (χ0) is 28.2. The molecule has 0 spiro atoms. The van der Waals surface area contributed by atoms with Crippen molar-refractivity contribution >= 4 is 35.6 Å². The van der Waals surface area contributed by atoms with Gasteiger partial charge in [0.15, 0.2) is 0 Å². The van der Waals surface area contributed by atoms with E-state index in [1.807, 2.05) is 5.32 Å². The first-order chi connectivity index (χ1) is 18.0. The molecule has 17 nitrogen and oxygen atoms in total. The van der Waals surface area contributed by atoms with Gasteiger partial charge in [0, 0.05) is 43.0 Å². The molecule has 0 aliphatic heterocycles. The molecule has 2 rings (SSSR count). The fraction of sp³-hybridized carbons (Fsp3) is 0.429. The lowest BCUT2D eigenvalue weighted by Crippen LogP contribution is -2.58. The lowest BCUT2D eigenvalue weighted by atomic mass is 10.1. The highest BCUT2D eigenvalue weighted by molar-refractivity contribution is 5.95. The van der Waals surface area contributed by atoms with Gasteiger partial charge in [-0.3, -0.25) is 24.0 Å². The van der Waals surface area contributed by atoms with Crippen LogP contribution in [0.4, 0.5) is 0 Å². The van der Waals surface area contributed by atoms with Crippen molar-refractivity contribution < 1.29 is 44.1 Å². The van der Waals surface area contributed by atoms with E-state index in [1.165, 1.54) is 25.0 Å². The van der Waals surface area contributed by atoms with Crippen LogP contribution >= 0.6 is 0 Å². The molecule has 0 radical (unpaired) electrons. The summed E-state index contributed by atoms with van der Waals surface area (Å²) in [6, 6.07) is -5.81. The average molecular weight is 537 g/mol. The summed E-state index contributed by atoms with van der Waals surface area (Å²) < 4.78 is 0. The zero-order valence-corrected chi connectivity index (χ0v) is 19.9. The molecule has 0 fully saturated rings. The predicted octanol–water partition coefficient (Wildman–Crippen LogP) is -2.88. The van der Waals surface area contributed by atoms with Crippen molar-refractivity contribution in [2.24, 2.45) is 5.73 Å². The van der Waals surface area contributed by atoms with Gasteiger partial charge in [-0.1, -0.05) is 0 Å². The summed E-state index contributed by atoms with van der Waals surface area (Å²) in [5, 5.41) is 34.0. The highest BCUT2D eigenvalue weighted by atomic mass is 16.4. The number of carbonyl (C=O) groups excluding carboxylic acids is 3. The number of rotatable bonds is 16. The molecule has 4 unspecified atom stereocenters. The molecule has 2 aromatic rings. The number of imidazole rings is 2. The summed E-state index contributed by atoms with van der Waals surface area (Å²) >= 11 is 0. The number of aromatic amines is 2. The van der Waals surface area contributed by atoms with Gasteiger partial charge in [-0.05, 0) is 6.42 Å². The van der Waals surface area contributed by atoms with Crippen LogP contribution in [-0.2, 0) is 41.6 Å². The maximum absolute atomic E-state index is 13.1. The Bertz CT molecular complexity index is 1120. The van der Waals surface area contributed by atoms with E-state index in [9.17, 15) is 39.0 Å². The summed E-state index contributed by atoms with van der Waals surface area (Å²) in [6.07, 6.45) is 3.55. The number of carboxylic acids is 3. The smallest absolute Gasteiger partial charge is 0.326 e. The molecular weight excluding hydrogens is 508 g/mol. The van der Waals surface area contributed by atoms with Crippen LogP contribution in [0.5, 0.6) is 0 Å². The number of H-pyrrole nitrogens is 2. The summed E-state index contributed by atoms with van der Waals surface area (Å²) in [5.41, 5.74) is 6.92. The number of amides is 3. The van der Waals surface area contributed by atoms with Crippen molar-refractivity contribution in [2.75, 3.05) is 0 Å². The van der Waals surface area contributed by atoms with Crippen molar-refractivity contribution in [3.05, 3.63) is 36.4 Å². The Kier molecular flexibility index (Phi) is 10.9. The van der Waals surface area contributed by atoms with Gasteiger partial charge in [0.25, 0.3) is 0 Å². The Morgan fingerprint density at radius 3 is 1.79 bits per heavy atom.